The van der Waals surface area contributed by atoms with E-state index in [2.05, 4.69) is 4.72 Å². The van der Waals surface area contributed by atoms with Gasteiger partial charge in [-0.3, -0.25) is 4.72 Å². The van der Waals surface area contributed by atoms with Gasteiger partial charge in [0.2, 0.25) is 0 Å². The minimum Gasteiger partial charge on any atom is -0.462 e. The Kier molecular flexibility index (Phi) is 5.33. The van der Waals surface area contributed by atoms with Crippen LogP contribution in [0.2, 0.25) is 0 Å². The molecule has 138 valence electrons. The van der Waals surface area contributed by atoms with Gasteiger partial charge >= 0.3 is 5.97 Å². The largest absolute Gasteiger partial charge is 0.462 e. The molecule has 6 nitrogen and oxygen atoms in total. The van der Waals surface area contributed by atoms with E-state index in [1.165, 1.54) is 6.07 Å². The highest BCUT2D eigenvalue weighted by molar-refractivity contribution is 7.94. The number of thiophene rings is 1. The molecule has 0 unspecified atom stereocenters. The second-order valence-corrected chi connectivity index (χ2v) is 8.48. The lowest BCUT2D eigenvalue weighted by Gasteiger charge is -2.06. The number of hydrogen-bond acceptors (Lipinski definition) is 6. The first-order valence-corrected chi connectivity index (χ1v) is 10.6. The van der Waals surface area contributed by atoms with Gasteiger partial charge in [-0.2, -0.15) is 0 Å². The van der Waals surface area contributed by atoms with E-state index >= 15 is 0 Å². The molecule has 1 aromatic carbocycles. The number of benzene rings is 1. The summed E-state index contributed by atoms with van der Waals surface area (Å²) in [5.74, 6) is 0.0900. The zero-order chi connectivity index (χ0) is 18.7. The predicted octanol–water partition coefficient (Wildman–Crippen LogP) is 4.42. The van der Waals surface area contributed by atoms with Gasteiger partial charge in [-0.1, -0.05) is 13.0 Å². The minimum atomic E-state index is -3.66. The zero-order valence-electron chi connectivity index (χ0n) is 14.4. The summed E-state index contributed by atoms with van der Waals surface area (Å²) in [6.07, 6.45) is 1.41. The highest BCUT2D eigenvalue weighted by atomic mass is 32.2. The van der Waals surface area contributed by atoms with Crippen molar-refractivity contribution >= 4 is 44.0 Å². The highest BCUT2D eigenvalue weighted by Gasteiger charge is 2.23. The first-order chi connectivity index (χ1) is 12.5. The molecular weight excluding hydrogens is 374 g/mol. The smallest absolute Gasteiger partial charge is 0.342 e. The lowest BCUT2D eigenvalue weighted by molar-refractivity contribution is 0.0526. The van der Waals surface area contributed by atoms with Crippen LogP contribution in [0.4, 0.5) is 5.69 Å². The third-order valence-electron chi connectivity index (χ3n) is 3.73. The Bertz CT molecular complexity index is 1020. The number of carbonyl (C=O) groups is 1. The molecule has 2 aromatic heterocycles. The standard InChI is InChI=1S/C18H19NO5S2/c1-3-6-15-17(18(20)23-4-2)13-11-12(8-9-14(13)24-15)19-26(21,22)16-7-5-10-25-16/h5,7-11,19H,3-4,6H2,1-2H3. The molecule has 26 heavy (non-hydrogen) atoms. The maximum Gasteiger partial charge on any atom is 0.342 e. The molecule has 0 aliphatic heterocycles. The first-order valence-electron chi connectivity index (χ1n) is 8.25. The fourth-order valence-electron chi connectivity index (χ4n) is 2.66. The molecule has 1 N–H and O–H groups in total. The lowest BCUT2D eigenvalue weighted by atomic mass is 10.1. The summed E-state index contributed by atoms with van der Waals surface area (Å²) in [7, 11) is -3.66. The maximum atomic E-state index is 12.4. The molecule has 8 heteroatoms. The van der Waals surface area contributed by atoms with E-state index < -0.39 is 16.0 Å². The third-order valence-corrected chi connectivity index (χ3v) is 6.51. The van der Waals surface area contributed by atoms with Crippen LogP contribution in [0.1, 0.15) is 36.4 Å². The Labute approximate surface area is 155 Å². The number of hydrogen-bond donors (Lipinski definition) is 1. The van der Waals surface area contributed by atoms with E-state index in [1.807, 2.05) is 6.92 Å². The number of nitrogens with one attached hydrogen (secondary N) is 1. The minimum absolute atomic E-state index is 0.224. The van der Waals surface area contributed by atoms with Crippen LogP contribution in [0.25, 0.3) is 11.0 Å². The summed E-state index contributed by atoms with van der Waals surface area (Å²) in [6.45, 7) is 3.98. The van der Waals surface area contributed by atoms with Crippen LogP contribution in [0, 0.1) is 0 Å². The first kappa shape index (κ1) is 18.5. The van der Waals surface area contributed by atoms with Crippen molar-refractivity contribution in [3.05, 3.63) is 47.0 Å². The quantitative estimate of drug-likeness (QED) is 0.600. The Morgan fingerprint density at radius 3 is 2.73 bits per heavy atom. The summed E-state index contributed by atoms with van der Waals surface area (Å²) in [6, 6.07) is 8.09. The summed E-state index contributed by atoms with van der Waals surface area (Å²) in [5, 5.41) is 2.24. The number of rotatable bonds is 7. The number of fused-ring (bicyclic) bond motifs is 1. The maximum absolute atomic E-state index is 12.4. The van der Waals surface area contributed by atoms with Crippen LogP contribution in [0.15, 0.2) is 44.3 Å². The Hall–Kier alpha value is -2.32. The van der Waals surface area contributed by atoms with Gasteiger partial charge in [0.1, 0.15) is 21.1 Å². The van der Waals surface area contributed by atoms with Crippen LogP contribution in [0.5, 0.6) is 0 Å². The molecule has 3 rings (SSSR count). The van der Waals surface area contributed by atoms with Crippen molar-refractivity contribution in [3.8, 4) is 0 Å². The number of anilines is 1. The van der Waals surface area contributed by atoms with Crippen LogP contribution in [0.3, 0.4) is 0 Å². The van der Waals surface area contributed by atoms with Gasteiger partial charge in [-0.25, -0.2) is 13.2 Å². The second-order valence-electron chi connectivity index (χ2n) is 5.62. The number of aryl methyl sites for hydroxylation is 1. The van der Waals surface area contributed by atoms with E-state index in [4.69, 9.17) is 9.15 Å². The topological polar surface area (TPSA) is 85.6 Å². The molecule has 0 atom stereocenters. The summed E-state index contributed by atoms with van der Waals surface area (Å²) in [5.41, 5.74) is 1.25. The Morgan fingerprint density at radius 2 is 2.08 bits per heavy atom. The number of ether oxygens (including phenoxy) is 1. The average Bonchev–Trinajstić information content (AvgIpc) is 3.22. The predicted molar refractivity (Wildman–Crippen MR) is 101 cm³/mol. The average molecular weight is 393 g/mol. The van der Waals surface area contributed by atoms with Gasteiger partial charge in [0.05, 0.1) is 6.61 Å². The van der Waals surface area contributed by atoms with Crippen molar-refractivity contribution in [1.29, 1.82) is 0 Å². The summed E-state index contributed by atoms with van der Waals surface area (Å²) < 4.78 is 38.5. The van der Waals surface area contributed by atoms with Crippen molar-refractivity contribution in [1.82, 2.24) is 0 Å². The fraction of sp³-hybridized carbons (Fsp3) is 0.278. The number of carbonyl (C=O) groups excluding carboxylic acids is 1. The number of sulfonamides is 1. The van der Waals surface area contributed by atoms with Crippen molar-refractivity contribution in [2.45, 2.75) is 30.9 Å². The SMILES string of the molecule is CCCc1oc2ccc(NS(=O)(=O)c3cccs3)cc2c1C(=O)OCC. The molecule has 0 aliphatic carbocycles. The van der Waals surface area contributed by atoms with Gasteiger partial charge < -0.3 is 9.15 Å². The van der Waals surface area contributed by atoms with Crippen molar-refractivity contribution < 1.29 is 22.4 Å². The summed E-state index contributed by atoms with van der Waals surface area (Å²) in [4.78, 5) is 12.4. The van der Waals surface area contributed by atoms with Crippen molar-refractivity contribution in [2.75, 3.05) is 11.3 Å². The molecule has 0 fully saturated rings. The molecule has 0 radical (unpaired) electrons. The van der Waals surface area contributed by atoms with Crippen LogP contribution in [-0.4, -0.2) is 21.0 Å². The zero-order valence-corrected chi connectivity index (χ0v) is 16.1. The van der Waals surface area contributed by atoms with Crippen molar-refractivity contribution in [3.63, 3.8) is 0 Å². The Morgan fingerprint density at radius 1 is 1.27 bits per heavy atom. The lowest BCUT2D eigenvalue weighted by Crippen LogP contribution is -2.11. The van der Waals surface area contributed by atoms with Crippen LogP contribution in [-0.2, 0) is 21.2 Å². The molecule has 0 amide bonds. The van der Waals surface area contributed by atoms with Crippen LogP contribution < -0.4 is 4.72 Å². The fourth-order valence-corrected chi connectivity index (χ4v) is 4.71. The monoisotopic (exact) mass is 393 g/mol. The normalized spacial score (nSPS) is 11.6. The second kappa shape index (κ2) is 7.51. The molecule has 3 aromatic rings. The third kappa shape index (κ3) is 3.61. The Balaban J connectivity index is 2.04. The van der Waals surface area contributed by atoms with Gasteiger partial charge in [0.15, 0.2) is 0 Å². The molecule has 0 spiro atoms. The van der Waals surface area contributed by atoms with E-state index in [-0.39, 0.29) is 10.8 Å². The van der Waals surface area contributed by atoms with Gasteiger partial charge in [-0.05, 0) is 43.0 Å². The van der Waals surface area contributed by atoms with E-state index in [1.54, 1.807) is 36.6 Å². The molecule has 0 saturated carbocycles. The molecule has 0 aliphatic rings. The molecular formula is C18H19NO5S2. The van der Waals surface area contributed by atoms with E-state index in [9.17, 15) is 13.2 Å². The van der Waals surface area contributed by atoms with E-state index in [0.29, 0.717) is 34.4 Å². The van der Waals surface area contributed by atoms with E-state index in [0.717, 1.165) is 17.8 Å². The van der Waals surface area contributed by atoms with Crippen LogP contribution >= 0.6 is 11.3 Å². The van der Waals surface area contributed by atoms with Gasteiger partial charge in [0, 0.05) is 17.5 Å². The highest BCUT2D eigenvalue weighted by Crippen LogP contribution is 2.31. The molecule has 0 bridgehead atoms. The van der Waals surface area contributed by atoms with Gasteiger partial charge in [-0.15, -0.1) is 11.3 Å². The molecule has 2 heterocycles. The summed E-state index contributed by atoms with van der Waals surface area (Å²) >= 11 is 1.13. The van der Waals surface area contributed by atoms with Crippen molar-refractivity contribution in [2.24, 2.45) is 0 Å². The number of esters is 1. The van der Waals surface area contributed by atoms with Gasteiger partial charge in [0.25, 0.3) is 10.0 Å². The number of furan rings is 1. The molecule has 0 saturated heterocycles.